The normalized spacial score (nSPS) is 12.5. The van der Waals surface area contributed by atoms with E-state index in [0.717, 1.165) is 24.9 Å². The summed E-state index contributed by atoms with van der Waals surface area (Å²) in [6.45, 7) is 7.05. The summed E-state index contributed by atoms with van der Waals surface area (Å²) in [6, 6.07) is 10.8. The Morgan fingerprint density at radius 1 is 1.33 bits per heavy atom. The minimum Gasteiger partial charge on any atom is -0.310 e. The number of hydrogen-bond donors (Lipinski definition) is 1. The molecule has 0 fully saturated rings. The van der Waals surface area contributed by atoms with E-state index in [1.165, 1.54) is 10.9 Å². The molecule has 1 aromatic carbocycles. The second kappa shape index (κ2) is 6.31. The van der Waals surface area contributed by atoms with Crippen molar-refractivity contribution < 1.29 is 0 Å². The molecule has 1 atom stereocenters. The van der Waals surface area contributed by atoms with Gasteiger partial charge in [-0.25, -0.2) is 0 Å². The highest BCUT2D eigenvalue weighted by molar-refractivity contribution is 5.82. The summed E-state index contributed by atoms with van der Waals surface area (Å²) in [7, 11) is 0. The minimum atomic E-state index is 0.307. The lowest BCUT2D eigenvalue weighted by Crippen LogP contribution is -2.22. The summed E-state index contributed by atoms with van der Waals surface area (Å²) in [5.74, 6) is 0. The Bertz CT molecular complexity index is 514. The lowest BCUT2D eigenvalue weighted by atomic mass is 10.00. The number of para-hydroxylation sites is 1. The summed E-state index contributed by atoms with van der Waals surface area (Å²) in [6.07, 6.45) is 5.88. The molecule has 0 spiro atoms. The molecule has 1 aromatic heterocycles. The highest BCUT2D eigenvalue weighted by Crippen LogP contribution is 2.24. The number of fused-ring (bicyclic) bond motifs is 1. The summed E-state index contributed by atoms with van der Waals surface area (Å²) in [4.78, 5) is 4.52. The lowest BCUT2D eigenvalue weighted by Gasteiger charge is -2.18. The van der Waals surface area contributed by atoms with E-state index in [0.29, 0.717) is 6.04 Å². The number of nitrogens with zero attached hydrogens (tertiary/aromatic N) is 1. The van der Waals surface area contributed by atoms with Gasteiger partial charge in [0.15, 0.2) is 0 Å². The van der Waals surface area contributed by atoms with Crippen LogP contribution in [0.5, 0.6) is 0 Å². The van der Waals surface area contributed by atoms with Crippen LogP contribution in [0.15, 0.2) is 49.2 Å². The lowest BCUT2D eigenvalue weighted by molar-refractivity contribution is 0.539. The Labute approximate surface area is 109 Å². The van der Waals surface area contributed by atoms with Crippen LogP contribution in [0.1, 0.15) is 31.4 Å². The third-order valence-electron chi connectivity index (χ3n) is 3.08. The van der Waals surface area contributed by atoms with Crippen molar-refractivity contribution >= 4 is 10.9 Å². The number of rotatable bonds is 6. The molecule has 0 aliphatic heterocycles. The summed E-state index contributed by atoms with van der Waals surface area (Å²) in [5.41, 5.74) is 2.36. The van der Waals surface area contributed by atoms with Gasteiger partial charge in [0, 0.05) is 17.6 Å². The first-order valence-corrected chi connectivity index (χ1v) is 6.54. The van der Waals surface area contributed by atoms with Gasteiger partial charge in [0.25, 0.3) is 0 Å². The molecule has 2 nitrogen and oxygen atoms in total. The molecule has 0 aliphatic carbocycles. The fraction of sp³-hybridized carbons (Fsp3) is 0.312. The molecule has 0 aliphatic rings. The molecule has 2 aromatic rings. The van der Waals surface area contributed by atoms with Crippen molar-refractivity contribution in [2.45, 2.75) is 25.8 Å². The number of aromatic nitrogens is 1. The second-order valence-corrected chi connectivity index (χ2v) is 4.45. The molecule has 1 N–H and O–H groups in total. The van der Waals surface area contributed by atoms with Gasteiger partial charge in [-0.3, -0.25) is 4.98 Å². The highest BCUT2D eigenvalue weighted by Gasteiger charge is 2.12. The Kier molecular flexibility index (Phi) is 4.48. The van der Waals surface area contributed by atoms with Crippen molar-refractivity contribution in [3.63, 3.8) is 0 Å². The van der Waals surface area contributed by atoms with Crippen LogP contribution in [0.2, 0.25) is 0 Å². The Hall–Kier alpha value is -1.67. The van der Waals surface area contributed by atoms with Gasteiger partial charge in [-0.15, -0.1) is 6.58 Å². The quantitative estimate of drug-likeness (QED) is 0.776. The van der Waals surface area contributed by atoms with Gasteiger partial charge >= 0.3 is 0 Å². The van der Waals surface area contributed by atoms with E-state index in [9.17, 15) is 0 Å². The number of nitrogens with one attached hydrogen (secondary N) is 1. The van der Waals surface area contributed by atoms with Gasteiger partial charge in [0.2, 0.25) is 0 Å². The first kappa shape index (κ1) is 12.8. The number of benzene rings is 1. The molecule has 0 saturated heterocycles. The predicted octanol–water partition coefficient (Wildman–Crippen LogP) is 3.85. The van der Waals surface area contributed by atoms with E-state index >= 15 is 0 Å². The molecular weight excluding hydrogens is 220 g/mol. The van der Waals surface area contributed by atoms with E-state index in [2.05, 4.69) is 48.1 Å². The summed E-state index contributed by atoms with van der Waals surface area (Å²) >= 11 is 0. The molecule has 0 amide bonds. The first-order valence-electron chi connectivity index (χ1n) is 6.54. The van der Waals surface area contributed by atoms with Crippen LogP contribution >= 0.6 is 0 Å². The second-order valence-electron chi connectivity index (χ2n) is 4.45. The molecule has 0 bridgehead atoms. The van der Waals surface area contributed by atoms with Crippen molar-refractivity contribution in [1.29, 1.82) is 0 Å². The van der Waals surface area contributed by atoms with Crippen molar-refractivity contribution in [3.05, 3.63) is 54.7 Å². The minimum absolute atomic E-state index is 0.307. The molecule has 1 unspecified atom stereocenters. The third kappa shape index (κ3) is 2.77. The smallest absolute Gasteiger partial charge is 0.0749 e. The predicted molar refractivity (Wildman–Crippen MR) is 77.6 cm³/mol. The molecule has 1 heterocycles. The standard InChI is InChI=1S/C16H20N2/c1-3-7-15(17-11-4-2)14-10-5-8-13-9-6-12-18-16(13)14/h3,5-6,8-10,12,15,17H,1,4,7,11H2,2H3. The van der Waals surface area contributed by atoms with Gasteiger partial charge in [-0.1, -0.05) is 37.3 Å². The SMILES string of the molecule is C=CCC(NCCC)c1cccc2cccnc12. The van der Waals surface area contributed by atoms with E-state index in [1.807, 2.05) is 18.3 Å². The maximum absolute atomic E-state index is 4.52. The highest BCUT2D eigenvalue weighted by atomic mass is 14.9. The average molecular weight is 240 g/mol. The molecule has 0 radical (unpaired) electrons. The van der Waals surface area contributed by atoms with E-state index in [4.69, 9.17) is 0 Å². The summed E-state index contributed by atoms with van der Waals surface area (Å²) < 4.78 is 0. The van der Waals surface area contributed by atoms with Crippen LogP contribution in [-0.4, -0.2) is 11.5 Å². The number of hydrogen-bond acceptors (Lipinski definition) is 2. The zero-order valence-electron chi connectivity index (χ0n) is 10.9. The van der Waals surface area contributed by atoms with Crippen molar-refractivity contribution in [1.82, 2.24) is 10.3 Å². The van der Waals surface area contributed by atoms with Crippen LogP contribution < -0.4 is 5.32 Å². The third-order valence-corrected chi connectivity index (χ3v) is 3.08. The van der Waals surface area contributed by atoms with Crippen LogP contribution in [0.3, 0.4) is 0 Å². The molecular formula is C16H20N2. The fourth-order valence-electron chi connectivity index (χ4n) is 2.21. The fourth-order valence-corrected chi connectivity index (χ4v) is 2.21. The Morgan fingerprint density at radius 2 is 2.17 bits per heavy atom. The zero-order chi connectivity index (χ0) is 12.8. The average Bonchev–Trinajstić information content (AvgIpc) is 2.43. The van der Waals surface area contributed by atoms with E-state index in [1.54, 1.807) is 0 Å². The molecule has 0 saturated carbocycles. The largest absolute Gasteiger partial charge is 0.310 e. The first-order chi connectivity index (χ1) is 8.86. The maximum atomic E-state index is 4.52. The van der Waals surface area contributed by atoms with E-state index < -0.39 is 0 Å². The van der Waals surface area contributed by atoms with Gasteiger partial charge in [0.05, 0.1) is 5.52 Å². The van der Waals surface area contributed by atoms with Crippen LogP contribution in [0.25, 0.3) is 10.9 Å². The zero-order valence-corrected chi connectivity index (χ0v) is 10.9. The van der Waals surface area contributed by atoms with E-state index in [-0.39, 0.29) is 0 Å². The van der Waals surface area contributed by atoms with Crippen molar-refractivity contribution in [3.8, 4) is 0 Å². The van der Waals surface area contributed by atoms with Crippen LogP contribution in [0, 0.1) is 0 Å². The number of pyridine rings is 1. The molecule has 18 heavy (non-hydrogen) atoms. The maximum Gasteiger partial charge on any atom is 0.0749 e. The monoisotopic (exact) mass is 240 g/mol. The van der Waals surface area contributed by atoms with Gasteiger partial charge < -0.3 is 5.32 Å². The summed E-state index contributed by atoms with van der Waals surface area (Å²) in [5, 5.41) is 4.76. The molecule has 2 rings (SSSR count). The topological polar surface area (TPSA) is 24.9 Å². The molecule has 2 heteroatoms. The Balaban J connectivity index is 2.39. The van der Waals surface area contributed by atoms with Crippen molar-refractivity contribution in [2.24, 2.45) is 0 Å². The Morgan fingerprint density at radius 3 is 2.94 bits per heavy atom. The van der Waals surface area contributed by atoms with Gasteiger partial charge in [-0.05, 0) is 31.0 Å². The van der Waals surface area contributed by atoms with Crippen LogP contribution in [-0.2, 0) is 0 Å². The van der Waals surface area contributed by atoms with Crippen LogP contribution in [0.4, 0.5) is 0 Å². The van der Waals surface area contributed by atoms with Gasteiger partial charge in [-0.2, -0.15) is 0 Å². The van der Waals surface area contributed by atoms with Crippen molar-refractivity contribution in [2.75, 3.05) is 6.54 Å². The molecule has 94 valence electrons. The van der Waals surface area contributed by atoms with Gasteiger partial charge in [0.1, 0.15) is 0 Å².